The molecule has 0 aliphatic heterocycles. The molecule has 1 aliphatic carbocycles. The first-order valence-corrected chi connectivity index (χ1v) is 7.25. The molecule has 0 radical (unpaired) electrons. The first kappa shape index (κ1) is 13.8. The van der Waals surface area contributed by atoms with Crippen LogP contribution < -0.4 is 10.5 Å². The number of nitrogens with one attached hydrogen (secondary N) is 1. The van der Waals surface area contributed by atoms with E-state index in [-0.39, 0.29) is 16.0 Å². The lowest BCUT2D eigenvalue weighted by Crippen LogP contribution is -2.29. The minimum atomic E-state index is -3.74. The third-order valence-corrected chi connectivity index (χ3v) is 4.70. The van der Waals surface area contributed by atoms with Gasteiger partial charge in [0.15, 0.2) is 0 Å². The van der Waals surface area contributed by atoms with Gasteiger partial charge < -0.3 is 5.73 Å². The van der Waals surface area contributed by atoms with Crippen LogP contribution in [0.3, 0.4) is 0 Å². The molecule has 1 fully saturated rings. The Hall–Kier alpha value is -1.67. The lowest BCUT2D eigenvalue weighted by atomic mass is 10.2. The number of nitrogens with zero attached hydrogens (tertiary/aromatic N) is 1. The van der Waals surface area contributed by atoms with E-state index in [0.717, 1.165) is 18.9 Å². The fraction of sp³-hybridized carbons (Fsp3) is 0.455. The summed E-state index contributed by atoms with van der Waals surface area (Å²) in [5.41, 5.74) is 4.99. The Balaban J connectivity index is 2.24. The fourth-order valence-electron chi connectivity index (χ4n) is 1.59. The van der Waals surface area contributed by atoms with Gasteiger partial charge in [-0.15, -0.1) is 0 Å². The number of nitro benzene ring substituents is 1. The number of nitro groups is 1. The zero-order valence-electron chi connectivity index (χ0n) is 10.4. The Morgan fingerprint density at radius 2 is 2.11 bits per heavy atom. The van der Waals surface area contributed by atoms with Crippen LogP contribution in [0.15, 0.2) is 23.1 Å². The van der Waals surface area contributed by atoms with Crippen LogP contribution in [0, 0.1) is 15.5 Å². The van der Waals surface area contributed by atoms with Gasteiger partial charge in [0.05, 0.1) is 9.82 Å². The number of anilines is 1. The zero-order chi connectivity index (χ0) is 14.3. The third-order valence-electron chi connectivity index (χ3n) is 3.30. The minimum absolute atomic E-state index is 0.0206. The van der Waals surface area contributed by atoms with Crippen LogP contribution in [-0.4, -0.2) is 19.9 Å². The van der Waals surface area contributed by atoms with Crippen molar-refractivity contribution >= 4 is 21.4 Å². The molecule has 19 heavy (non-hydrogen) atoms. The number of benzene rings is 1. The molecule has 1 aromatic carbocycles. The average molecular weight is 285 g/mol. The molecule has 0 amide bonds. The second-order valence-electron chi connectivity index (χ2n) is 5.11. The van der Waals surface area contributed by atoms with Gasteiger partial charge in [0.1, 0.15) is 5.69 Å². The Bertz CT molecular complexity index is 623. The van der Waals surface area contributed by atoms with E-state index in [0.29, 0.717) is 6.54 Å². The molecular weight excluding hydrogens is 270 g/mol. The first-order valence-electron chi connectivity index (χ1n) is 5.77. The van der Waals surface area contributed by atoms with E-state index in [1.54, 1.807) is 0 Å². The van der Waals surface area contributed by atoms with E-state index in [9.17, 15) is 18.5 Å². The summed E-state index contributed by atoms with van der Waals surface area (Å²) in [5.74, 6) is 0. The van der Waals surface area contributed by atoms with Gasteiger partial charge >= 0.3 is 0 Å². The molecule has 0 heterocycles. The van der Waals surface area contributed by atoms with Crippen LogP contribution in [0.5, 0.6) is 0 Å². The Morgan fingerprint density at radius 1 is 1.47 bits per heavy atom. The molecule has 0 aromatic heterocycles. The minimum Gasteiger partial charge on any atom is -0.393 e. The normalized spacial score (nSPS) is 17.1. The number of nitrogen functional groups attached to an aromatic ring is 1. The van der Waals surface area contributed by atoms with Crippen LogP contribution in [0.1, 0.15) is 19.8 Å². The average Bonchev–Trinajstić information content (AvgIpc) is 3.06. The maximum Gasteiger partial charge on any atom is 0.293 e. The highest BCUT2D eigenvalue weighted by molar-refractivity contribution is 7.89. The van der Waals surface area contributed by atoms with E-state index in [1.165, 1.54) is 12.1 Å². The van der Waals surface area contributed by atoms with E-state index < -0.39 is 20.6 Å². The van der Waals surface area contributed by atoms with Crippen molar-refractivity contribution in [3.63, 3.8) is 0 Å². The SMILES string of the molecule is CC1(CNS(=O)(=O)c2ccc(N)c([N+](=O)[O-])c2)CC1. The molecule has 1 saturated carbocycles. The highest BCUT2D eigenvalue weighted by Gasteiger charge is 2.38. The predicted molar refractivity (Wildman–Crippen MR) is 70.0 cm³/mol. The first-order chi connectivity index (χ1) is 8.73. The molecule has 1 aliphatic rings. The molecule has 1 aromatic rings. The van der Waals surface area contributed by atoms with E-state index >= 15 is 0 Å². The van der Waals surface area contributed by atoms with Crippen molar-refractivity contribution in [2.45, 2.75) is 24.7 Å². The summed E-state index contributed by atoms with van der Waals surface area (Å²) in [7, 11) is -3.74. The summed E-state index contributed by atoms with van der Waals surface area (Å²) in [6.07, 6.45) is 1.97. The summed E-state index contributed by atoms with van der Waals surface area (Å²) >= 11 is 0. The molecule has 0 atom stereocenters. The molecule has 0 bridgehead atoms. The molecule has 7 nitrogen and oxygen atoms in total. The van der Waals surface area contributed by atoms with Gasteiger partial charge in [-0.2, -0.15) is 0 Å². The summed E-state index contributed by atoms with van der Waals surface area (Å²) in [4.78, 5) is 9.90. The second kappa shape index (κ2) is 4.46. The smallest absolute Gasteiger partial charge is 0.293 e. The van der Waals surface area contributed by atoms with Crippen molar-refractivity contribution in [1.29, 1.82) is 0 Å². The van der Waals surface area contributed by atoms with E-state index in [2.05, 4.69) is 4.72 Å². The number of rotatable bonds is 5. The van der Waals surface area contributed by atoms with Crippen molar-refractivity contribution in [3.05, 3.63) is 28.3 Å². The highest BCUT2D eigenvalue weighted by Crippen LogP contribution is 2.44. The van der Waals surface area contributed by atoms with Crippen LogP contribution in [0.2, 0.25) is 0 Å². The summed E-state index contributed by atoms with van der Waals surface area (Å²) in [5, 5.41) is 10.7. The monoisotopic (exact) mass is 285 g/mol. The van der Waals surface area contributed by atoms with E-state index in [4.69, 9.17) is 5.73 Å². The van der Waals surface area contributed by atoms with Crippen molar-refractivity contribution in [1.82, 2.24) is 4.72 Å². The van der Waals surface area contributed by atoms with Crippen molar-refractivity contribution in [2.24, 2.45) is 5.41 Å². The summed E-state index contributed by atoms with van der Waals surface area (Å²) in [6, 6.07) is 3.47. The molecule has 0 spiro atoms. The topological polar surface area (TPSA) is 115 Å². The maximum atomic E-state index is 12.0. The summed E-state index contributed by atoms with van der Waals surface area (Å²) in [6.45, 7) is 2.33. The Labute approximate surface area is 111 Å². The quantitative estimate of drug-likeness (QED) is 0.480. The number of hydrogen-bond acceptors (Lipinski definition) is 5. The number of sulfonamides is 1. The molecule has 104 valence electrons. The summed E-state index contributed by atoms with van der Waals surface area (Å²) < 4.78 is 26.5. The highest BCUT2D eigenvalue weighted by atomic mass is 32.2. The lowest BCUT2D eigenvalue weighted by molar-refractivity contribution is -0.384. The van der Waals surface area contributed by atoms with Gasteiger partial charge in [0.25, 0.3) is 5.69 Å². The zero-order valence-corrected chi connectivity index (χ0v) is 11.2. The number of hydrogen-bond donors (Lipinski definition) is 2. The van der Waals surface area contributed by atoms with Crippen molar-refractivity contribution < 1.29 is 13.3 Å². The van der Waals surface area contributed by atoms with Gasteiger partial charge in [-0.1, -0.05) is 6.92 Å². The molecule has 0 saturated heterocycles. The molecule has 0 unspecified atom stereocenters. The third kappa shape index (κ3) is 3.02. The Kier molecular flexibility index (Phi) is 3.23. The van der Waals surface area contributed by atoms with Gasteiger partial charge in [0.2, 0.25) is 10.0 Å². The van der Waals surface area contributed by atoms with Gasteiger partial charge in [-0.3, -0.25) is 10.1 Å². The predicted octanol–water partition coefficient (Wildman–Crippen LogP) is 1.26. The molecule has 2 rings (SSSR count). The van der Waals surface area contributed by atoms with Crippen LogP contribution in [-0.2, 0) is 10.0 Å². The second-order valence-corrected chi connectivity index (χ2v) is 6.88. The Morgan fingerprint density at radius 3 is 2.63 bits per heavy atom. The maximum absolute atomic E-state index is 12.0. The largest absolute Gasteiger partial charge is 0.393 e. The molecule has 8 heteroatoms. The molecular formula is C11H15N3O4S. The van der Waals surface area contributed by atoms with Crippen LogP contribution >= 0.6 is 0 Å². The van der Waals surface area contributed by atoms with Crippen LogP contribution in [0.4, 0.5) is 11.4 Å². The lowest BCUT2D eigenvalue weighted by Gasteiger charge is -2.11. The molecule has 3 N–H and O–H groups in total. The van der Waals surface area contributed by atoms with E-state index in [1.807, 2.05) is 6.92 Å². The standard InChI is InChI=1S/C11H15N3O4S/c1-11(4-5-11)7-13-19(17,18)8-2-3-9(12)10(6-8)14(15)16/h2-3,6,13H,4-5,7,12H2,1H3. The van der Waals surface area contributed by atoms with Gasteiger partial charge in [-0.05, 0) is 30.4 Å². The van der Waals surface area contributed by atoms with Crippen LogP contribution in [0.25, 0.3) is 0 Å². The van der Waals surface area contributed by atoms with Gasteiger partial charge in [-0.25, -0.2) is 13.1 Å². The van der Waals surface area contributed by atoms with Gasteiger partial charge in [0, 0.05) is 12.6 Å². The van der Waals surface area contributed by atoms with Crippen molar-refractivity contribution in [3.8, 4) is 0 Å². The van der Waals surface area contributed by atoms with Crippen molar-refractivity contribution in [2.75, 3.05) is 12.3 Å². The number of nitrogens with two attached hydrogens (primary N) is 1. The fourth-order valence-corrected chi connectivity index (χ4v) is 2.81.